The van der Waals surface area contributed by atoms with E-state index in [0.29, 0.717) is 0 Å². The minimum Gasteiger partial charge on any atom is -0.493 e. The molecule has 104 valence electrons. The van der Waals surface area contributed by atoms with Crippen LogP contribution in [0.2, 0.25) is 0 Å². The van der Waals surface area contributed by atoms with E-state index in [0.717, 1.165) is 28.9 Å². The molecule has 1 aromatic carbocycles. The number of nitrogens with one attached hydrogen (secondary N) is 1. The smallest absolute Gasteiger partial charge is 0.176 e. The van der Waals surface area contributed by atoms with E-state index in [2.05, 4.69) is 5.32 Å². The van der Waals surface area contributed by atoms with Gasteiger partial charge in [-0.15, -0.1) is 0 Å². The second-order valence-electron chi connectivity index (χ2n) is 4.70. The SMILES string of the molecule is CC[C@@H](CO)NC(C)c1cc2cccc(OC)c2o1. The van der Waals surface area contributed by atoms with Crippen LogP contribution in [-0.2, 0) is 0 Å². The van der Waals surface area contributed by atoms with Crippen molar-refractivity contribution >= 4 is 11.0 Å². The van der Waals surface area contributed by atoms with Crippen molar-refractivity contribution in [1.82, 2.24) is 5.32 Å². The first-order valence-corrected chi connectivity index (χ1v) is 6.63. The van der Waals surface area contributed by atoms with E-state index in [9.17, 15) is 5.11 Å². The number of hydrogen-bond acceptors (Lipinski definition) is 4. The lowest BCUT2D eigenvalue weighted by atomic mass is 10.1. The van der Waals surface area contributed by atoms with Crippen LogP contribution in [0.1, 0.15) is 32.1 Å². The standard InChI is InChI=1S/C15H21NO3/c1-4-12(9-17)16-10(2)14-8-11-6-5-7-13(18-3)15(11)19-14/h5-8,10,12,16-17H,4,9H2,1-3H3/t10?,12-/m0/s1. The third-order valence-corrected chi connectivity index (χ3v) is 3.37. The average Bonchev–Trinajstić information content (AvgIpc) is 2.88. The van der Waals surface area contributed by atoms with E-state index in [1.807, 2.05) is 38.1 Å². The number of para-hydroxylation sites is 1. The predicted octanol–water partition coefficient (Wildman–Crippen LogP) is 2.86. The van der Waals surface area contributed by atoms with E-state index in [-0.39, 0.29) is 18.7 Å². The van der Waals surface area contributed by atoms with Crippen molar-refractivity contribution in [3.8, 4) is 5.75 Å². The Bertz CT molecular complexity index is 531. The summed E-state index contributed by atoms with van der Waals surface area (Å²) in [5, 5.41) is 13.6. The molecule has 1 heterocycles. The summed E-state index contributed by atoms with van der Waals surface area (Å²) in [7, 11) is 1.64. The Labute approximate surface area is 113 Å². The number of aliphatic hydroxyl groups excluding tert-OH is 1. The molecule has 0 amide bonds. The van der Waals surface area contributed by atoms with Crippen LogP contribution >= 0.6 is 0 Å². The molecule has 2 atom stereocenters. The monoisotopic (exact) mass is 263 g/mol. The highest BCUT2D eigenvalue weighted by atomic mass is 16.5. The van der Waals surface area contributed by atoms with Gasteiger partial charge in [0.05, 0.1) is 19.8 Å². The highest BCUT2D eigenvalue weighted by molar-refractivity contribution is 5.83. The van der Waals surface area contributed by atoms with Crippen molar-refractivity contribution in [1.29, 1.82) is 0 Å². The van der Waals surface area contributed by atoms with Gasteiger partial charge in [-0.2, -0.15) is 0 Å². The molecule has 19 heavy (non-hydrogen) atoms. The van der Waals surface area contributed by atoms with E-state index < -0.39 is 0 Å². The number of hydrogen-bond donors (Lipinski definition) is 2. The largest absolute Gasteiger partial charge is 0.493 e. The summed E-state index contributed by atoms with van der Waals surface area (Å²) in [5.41, 5.74) is 0.769. The first kappa shape index (κ1) is 13.9. The van der Waals surface area contributed by atoms with Crippen LogP contribution in [0.15, 0.2) is 28.7 Å². The number of fused-ring (bicyclic) bond motifs is 1. The summed E-state index contributed by atoms with van der Waals surface area (Å²) in [4.78, 5) is 0. The summed E-state index contributed by atoms with van der Waals surface area (Å²) in [5.74, 6) is 1.59. The van der Waals surface area contributed by atoms with Gasteiger partial charge in [0.25, 0.3) is 0 Å². The topological polar surface area (TPSA) is 54.6 Å². The van der Waals surface area contributed by atoms with E-state index in [1.54, 1.807) is 7.11 Å². The number of ether oxygens (including phenoxy) is 1. The van der Waals surface area contributed by atoms with Crippen LogP contribution in [0.4, 0.5) is 0 Å². The van der Waals surface area contributed by atoms with Gasteiger partial charge in [-0.25, -0.2) is 0 Å². The number of benzene rings is 1. The molecule has 0 spiro atoms. The lowest BCUT2D eigenvalue weighted by Crippen LogP contribution is -2.33. The van der Waals surface area contributed by atoms with Crippen LogP contribution in [0, 0.1) is 0 Å². The lowest BCUT2D eigenvalue weighted by Gasteiger charge is -2.18. The van der Waals surface area contributed by atoms with Gasteiger partial charge >= 0.3 is 0 Å². The normalized spacial score (nSPS) is 14.5. The number of furan rings is 1. The Morgan fingerprint density at radius 2 is 2.21 bits per heavy atom. The van der Waals surface area contributed by atoms with E-state index >= 15 is 0 Å². The molecule has 0 saturated carbocycles. The van der Waals surface area contributed by atoms with Crippen LogP contribution in [0.25, 0.3) is 11.0 Å². The zero-order chi connectivity index (χ0) is 13.8. The molecular weight excluding hydrogens is 242 g/mol. The maximum Gasteiger partial charge on any atom is 0.176 e. The minimum absolute atomic E-state index is 0.0502. The number of aliphatic hydroxyl groups is 1. The molecule has 0 aliphatic carbocycles. The third kappa shape index (κ3) is 2.91. The fourth-order valence-corrected chi connectivity index (χ4v) is 2.17. The fourth-order valence-electron chi connectivity index (χ4n) is 2.17. The van der Waals surface area contributed by atoms with Gasteiger partial charge < -0.3 is 19.6 Å². The predicted molar refractivity (Wildman–Crippen MR) is 75.5 cm³/mol. The lowest BCUT2D eigenvalue weighted by molar-refractivity contribution is 0.225. The van der Waals surface area contributed by atoms with Gasteiger partial charge in [0.15, 0.2) is 11.3 Å². The number of methoxy groups -OCH3 is 1. The Kier molecular flexibility index (Phi) is 4.45. The second-order valence-corrected chi connectivity index (χ2v) is 4.70. The van der Waals surface area contributed by atoms with Crippen LogP contribution in [-0.4, -0.2) is 24.9 Å². The zero-order valence-corrected chi connectivity index (χ0v) is 11.6. The Balaban J connectivity index is 2.25. The summed E-state index contributed by atoms with van der Waals surface area (Å²) in [6.45, 7) is 4.20. The van der Waals surface area contributed by atoms with Crippen molar-refractivity contribution in [3.63, 3.8) is 0 Å². The van der Waals surface area contributed by atoms with Crippen LogP contribution in [0.5, 0.6) is 5.75 Å². The van der Waals surface area contributed by atoms with Gasteiger partial charge in [0.2, 0.25) is 0 Å². The van der Waals surface area contributed by atoms with Gasteiger partial charge in [-0.1, -0.05) is 19.1 Å². The summed E-state index contributed by atoms with van der Waals surface area (Å²) in [6.07, 6.45) is 0.879. The first-order chi connectivity index (χ1) is 9.19. The molecule has 0 radical (unpaired) electrons. The highest BCUT2D eigenvalue weighted by Gasteiger charge is 2.16. The molecule has 2 aromatic rings. The first-order valence-electron chi connectivity index (χ1n) is 6.63. The van der Waals surface area contributed by atoms with E-state index in [1.165, 1.54) is 0 Å². The molecule has 0 aliphatic heterocycles. The van der Waals surface area contributed by atoms with Crippen LogP contribution < -0.4 is 10.1 Å². The third-order valence-electron chi connectivity index (χ3n) is 3.37. The van der Waals surface area contributed by atoms with Gasteiger partial charge in [0, 0.05) is 11.4 Å². The maximum atomic E-state index is 9.23. The number of rotatable bonds is 6. The second kappa shape index (κ2) is 6.08. The molecule has 4 heteroatoms. The summed E-state index contributed by atoms with van der Waals surface area (Å²) < 4.78 is 11.2. The molecule has 1 aromatic heterocycles. The summed E-state index contributed by atoms with van der Waals surface area (Å²) >= 11 is 0. The molecule has 4 nitrogen and oxygen atoms in total. The van der Waals surface area contributed by atoms with Crippen molar-refractivity contribution in [3.05, 3.63) is 30.0 Å². The van der Waals surface area contributed by atoms with Gasteiger partial charge in [-0.05, 0) is 25.5 Å². The Hall–Kier alpha value is -1.52. The molecular formula is C15H21NO3. The van der Waals surface area contributed by atoms with Crippen molar-refractivity contribution in [2.75, 3.05) is 13.7 Å². The molecule has 2 N–H and O–H groups in total. The van der Waals surface area contributed by atoms with Crippen LogP contribution in [0.3, 0.4) is 0 Å². The van der Waals surface area contributed by atoms with E-state index in [4.69, 9.17) is 9.15 Å². The molecule has 0 bridgehead atoms. The van der Waals surface area contributed by atoms with Gasteiger partial charge in [-0.3, -0.25) is 0 Å². The molecule has 0 fully saturated rings. The van der Waals surface area contributed by atoms with Crippen molar-refractivity contribution < 1.29 is 14.3 Å². The quantitative estimate of drug-likeness (QED) is 0.841. The zero-order valence-electron chi connectivity index (χ0n) is 11.6. The summed E-state index contributed by atoms with van der Waals surface area (Å²) in [6, 6.07) is 7.98. The average molecular weight is 263 g/mol. The maximum absolute atomic E-state index is 9.23. The molecule has 2 rings (SSSR count). The fraction of sp³-hybridized carbons (Fsp3) is 0.467. The highest BCUT2D eigenvalue weighted by Crippen LogP contribution is 2.30. The Morgan fingerprint density at radius 3 is 2.84 bits per heavy atom. The van der Waals surface area contributed by atoms with Crippen molar-refractivity contribution in [2.24, 2.45) is 0 Å². The molecule has 0 aliphatic rings. The molecule has 0 saturated heterocycles. The minimum atomic E-state index is 0.0502. The molecule has 1 unspecified atom stereocenters. The van der Waals surface area contributed by atoms with Crippen molar-refractivity contribution in [2.45, 2.75) is 32.4 Å². The van der Waals surface area contributed by atoms with Gasteiger partial charge in [0.1, 0.15) is 5.76 Å². The Morgan fingerprint density at radius 1 is 1.42 bits per heavy atom.